The molecule has 2 aliphatic carbocycles. The van der Waals surface area contributed by atoms with Crippen LogP contribution >= 0.6 is 0 Å². The molecule has 0 aliphatic heterocycles. The summed E-state index contributed by atoms with van der Waals surface area (Å²) in [5, 5.41) is 13.2. The molecule has 0 saturated heterocycles. The van der Waals surface area contributed by atoms with E-state index in [0.717, 1.165) is 22.5 Å². The van der Waals surface area contributed by atoms with E-state index in [-0.39, 0.29) is 6.42 Å². The van der Waals surface area contributed by atoms with Crippen LogP contribution in [0.1, 0.15) is 90.5 Å². The van der Waals surface area contributed by atoms with Gasteiger partial charge in [-0.3, -0.25) is 4.90 Å². The van der Waals surface area contributed by atoms with E-state index in [4.69, 9.17) is 9.47 Å². The third-order valence-electron chi connectivity index (χ3n) is 6.70. The fourth-order valence-electron chi connectivity index (χ4n) is 4.71. The first-order chi connectivity index (χ1) is 16.6. The molecule has 3 rings (SSSR count). The van der Waals surface area contributed by atoms with E-state index < -0.39 is 23.7 Å². The maximum absolute atomic E-state index is 12.0. The Balaban J connectivity index is 0.000000279. The first-order valence-corrected chi connectivity index (χ1v) is 13.2. The minimum atomic E-state index is -1.08. The van der Waals surface area contributed by atoms with Crippen molar-refractivity contribution in [3.63, 3.8) is 0 Å². The van der Waals surface area contributed by atoms with E-state index in [1.54, 1.807) is 52.1 Å². The molecule has 7 heteroatoms. The van der Waals surface area contributed by atoms with E-state index in [9.17, 15) is 14.7 Å². The number of carbonyl (C=O) groups is 2. The molecule has 0 radical (unpaired) electrons. The monoisotopic (exact) mass is 490 g/mol. The smallest absolute Gasteiger partial charge is 0.410 e. The molecular formula is C28H46N2O5. The average Bonchev–Trinajstić information content (AvgIpc) is 2.83. The number of nitrogens with zero attached hydrogens (tertiary/aromatic N) is 1. The third-order valence-corrected chi connectivity index (χ3v) is 6.70. The molecule has 0 unspecified atom stereocenters. The zero-order valence-corrected chi connectivity index (χ0v) is 22.3. The molecule has 7 nitrogen and oxygen atoms in total. The highest BCUT2D eigenvalue weighted by Crippen LogP contribution is 2.22. The summed E-state index contributed by atoms with van der Waals surface area (Å²) in [6, 6.07) is 7.80. The number of hydrogen-bond acceptors (Lipinski definition) is 5. The van der Waals surface area contributed by atoms with Gasteiger partial charge in [0.15, 0.2) is 0 Å². The van der Waals surface area contributed by atoms with Gasteiger partial charge in [0.05, 0.1) is 7.11 Å². The summed E-state index contributed by atoms with van der Waals surface area (Å²) < 4.78 is 10.3. The van der Waals surface area contributed by atoms with Gasteiger partial charge < -0.3 is 19.9 Å². The molecule has 0 bridgehead atoms. The number of rotatable bonds is 7. The molecule has 2 N–H and O–H groups in total. The summed E-state index contributed by atoms with van der Waals surface area (Å²) in [4.78, 5) is 24.6. The van der Waals surface area contributed by atoms with Crippen molar-refractivity contribution in [2.24, 2.45) is 0 Å². The summed E-state index contributed by atoms with van der Waals surface area (Å²) in [6.07, 6.45) is 14.1. The number of likely N-dealkylation sites (N-methyl/N-ethyl adjacent to an activating group) is 1. The molecule has 0 heterocycles. The van der Waals surface area contributed by atoms with Crippen LogP contribution < -0.4 is 10.1 Å². The quantitative estimate of drug-likeness (QED) is 0.502. The maximum Gasteiger partial charge on any atom is 0.410 e. The van der Waals surface area contributed by atoms with Gasteiger partial charge in [-0.25, -0.2) is 9.59 Å². The Morgan fingerprint density at radius 1 is 0.971 bits per heavy atom. The van der Waals surface area contributed by atoms with Gasteiger partial charge in [0, 0.05) is 25.6 Å². The largest absolute Gasteiger partial charge is 0.497 e. The third kappa shape index (κ3) is 10.9. The molecule has 0 aromatic heterocycles. The first kappa shape index (κ1) is 29.0. The summed E-state index contributed by atoms with van der Waals surface area (Å²) in [5.41, 5.74) is 0.123. The SMILES string of the molecule is C1CCC(NC2CCCCC2)CC1.COc1ccc(C[C@@H](C(=O)O)N(C)C(=O)OC(C)(C)C)cc1. The molecule has 2 fully saturated rings. The highest BCUT2D eigenvalue weighted by atomic mass is 16.6. The second-order valence-electron chi connectivity index (χ2n) is 10.8. The van der Waals surface area contributed by atoms with Gasteiger partial charge in [-0.2, -0.15) is 0 Å². The number of nitrogens with one attached hydrogen (secondary N) is 1. The number of carboxylic acids is 1. The van der Waals surface area contributed by atoms with Gasteiger partial charge in [-0.05, 0) is 64.2 Å². The molecule has 2 aliphatic rings. The Bertz CT molecular complexity index is 747. The molecule has 1 aromatic carbocycles. The van der Waals surface area contributed by atoms with Crippen molar-refractivity contribution in [1.82, 2.24) is 10.2 Å². The van der Waals surface area contributed by atoms with Gasteiger partial charge in [0.2, 0.25) is 0 Å². The second kappa shape index (κ2) is 14.3. The lowest BCUT2D eigenvalue weighted by Crippen LogP contribution is -2.46. The molecule has 1 atom stereocenters. The fraction of sp³-hybridized carbons (Fsp3) is 0.714. The van der Waals surface area contributed by atoms with Crippen molar-refractivity contribution in [2.75, 3.05) is 14.2 Å². The molecule has 1 aromatic rings. The zero-order valence-electron chi connectivity index (χ0n) is 22.3. The summed E-state index contributed by atoms with van der Waals surface area (Å²) in [5.74, 6) is -0.389. The van der Waals surface area contributed by atoms with E-state index >= 15 is 0 Å². The standard InChI is InChI=1S/C16H23NO5.C12H23N/c1-16(2,3)22-15(20)17(4)13(14(18)19)10-11-6-8-12(21-5)9-7-11;1-3-7-11(8-4-1)13-12-9-5-2-6-10-12/h6-9,13H,10H2,1-5H3,(H,18,19);11-13H,1-10H2/t13-;/m0./s1. The number of aliphatic carboxylic acids is 1. The van der Waals surface area contributed by atoms with Gasteiger partial charge in [0.1, 0.15) is 17.4 Å². The van der Waals surface area contributed by atoms with Crippen molar-refractivity contribution in [1.29, 1.82) is 0 Å². The molecule has 1 amide bonds. The number of amides is 1. The van der Waals surface area contributed by atoms with Crippen LogP contribution in [0.25, 0.3) is 0 Å². The van der Waals surface area contributed by atoms with Crippen molar-refractivity contribution in [2.45, 2.75) is 115 Å². The number of carboxylic acid groups (broad SMARTS) is 1. The van der Waals surface area contributed by atoms with Crippen molar-refractivity contribution >= 4 is 12.1 Å². The van der Waals surface area contributed by atoms with Crippen LogP contribution in [0, 0.1) is 0 Å². The van der Waals surface area contributed by atoms with Crippen LogP contribution in [-0.4, -0.2) is 60.0 Å². The lowest BCUT2D eigenvalue weighted by Gasteiger charge is -2.30. The number of benzene rings is 1. The van der Waals surface area contributed by atoms with Crippen LogP contribution in [0.15, 0.2) is 24.3 Å². The first-order valence-electron chi connectivity index (χ1n) is 13.2. The van der Waals surface area contributed by atoms with Gasteiger partial charge in [-0.15, -0.1) is 0 Å². The van der Waals surface area contributed by atoms with Crippen LogP contribution in [0.3, 0.4) is 0 Å². The van der Waals surface area contributed by atoms with Crippen LogP contribution in [0.2, 0.25) is 0 Å². The highest BCUT2D eigenvalue weighted by Gasteiger charge is 2.30. The van der Waals surface area contributed by atoms with Crippen molar-refractivity contribution in [3.8, 4) is 5.75 Å². The van der Waals surface area contributed by atoms with E-state index in [1.165, 1.54) is 71.3 Å². The van der Waals surface area contributed by atoms with Crippen molar-refractivity contribution < 1.29 is 24.2 Å². The average molecular weight is 491 g/mol. The minimum Gasteiger partial charge on any atom is -0.497 e. The Labute approximate surface area is 211 Å². The summed E-state index contributed by atoms with van der Waals surface area (Å²) >= 11 is 0. The number of carbonyl (C=O) groups excluding carboxylic acids is 1. The van der Waals surface area contributed by atoms with E-state index in [2.05, 4.69) is 5.32 Å². The van der Waals surface area contributed by atoms with Crippen LogP contribution in [0.5, 0.6) is 5.75 Å². The Morgan fingerprint density at radius 2 is 1.46 bits per heavy atom. The van der Waals surface area contributed by atoms with E-state index in [0.29, 0.717) is 5.75 Å². The number of methoxy groups -OCH3 is 1. The Kier molecular flexibility index (Phi) is 11.8. The summed E-state index contributed by atoms with van der Waals surface area (Å²) in [7, 11) is 2.99. The molecule has 35 heavy (non-hydrogen) atoms. The fourth-order valence-corrected chi connectivity index (χ4v) is 4.71. The molecular weight excluding hydrogens is 444 g/mol. The predicted octanol–water partition coefficient (Wildman–Crippen LogP) is 5.80. The predicted molar refractivity (Wildman–Crippen MR) is 139 cm³/mol. The molecule has 0 spiro atoms. The number of hydrogen-bond donors (Lipinski definition) is 2. The number of ether oxygens (including phenoxy) is 2. The van der Waals surface area contributed by atoms with Gasteiger partial charge >= 0.3 is 12.1 Å². The van der Waals surface area contributed by atoms with Crippen molar-refractivity contribution in [3.05, 3.63) is 29.8 Å². The van der Waals surface area contributed by atoms with Crippen LogP contribution in [-0.2, 0) is 16.0 Å². The topological polar surface area (TPSA) is 88.1 Å². The van der Waals surface area contributed by atoms with Gasteiger partial charge in [0.25, 0.3) is 0 Å². The highest BCUT2D eigenvalue weighted by molar-refractivity contribution is 5.80. The minimum absolute atomic E-state index is 0.190. The lowest BCUT2D eigenvalue weighted by atomic mass is 9.91. The molecule has 198 valence electrons. The molecule has 2 saturated carbocycles. The normalized spacial score (nSPS) is 18.1. The second-order valence-corrected chi connectivity index (χ2v) is 10.8. The summed E-state index contributed by atoms with van der Waals surface area (Å²) in [6.45, 7) is 5.20. The maximum atomic E-state index is 12.0. The van der Waals surface area contributed by atoms with E-state index in [1.807, 2.05) is 0 Å². The Morgan fingerprint density at radius 3 is 1.86 bits per heavy atom. The van der Waals surface area contributed by atoms with Gasteiger partial charge in [-0.1, -0.05) is 50.7 Å². The zero-order chi connectivity index (χ0) is 25.8. The Hall–Kier alpha value is -2.28. The lowest BCUT2D eigenvalue weighted by molar-refractivity contribution is -0.142. The van der Waals surface area contributed by atoms with Crippen LogP contribution in [0.4, 0.5) is 4.79 Å².